The number of sulfonamides is 1. The van der Waals surface area contributed by atoms with Crippen LogP contribution in [-0.2, 0) is 21.2 Å². The number of rotatable bonds is 5. The molecular formula is C13H18N2O3S. The molecule has 1 aliphatic heterocycles. The van der Waals surface area contributed by atoms with Crippen molar-refractivity contribution in [2.75, 3.05) is 10.5 Å². The van der Waals surface area contributed by atoms with Crippen LogP contribution in [0.4, 0.5) is 5.69 Å². The number of carbonyl (C=O) groups is 1. The molecule has 1 aromatic rings. The molecule has 1 heterocycles. The molecule has 2 N–H and O–H groups in total. The van der Waals surface area contributed by atoms with Crippen LogP contribution >= 0.6 is 0 Å². The summed E-state index contributed by atoms with van der Waals surface area (Å²) in [6, 6.07) is 7.46. The van der Waals surface area contributed by atoms with Gasteiger partial charge in [-0.15, -0.1) is 0 Å². The molecule has 0 spiro atoms. The van der Waals surface area contributed by atoms with Gasteiger partial charge in [0.05, 0.1) is 5.75 Å². The van der Waals surface area contributed by atoms with E-state index in [-0.39, 0.29) is 17.7 Å². The monoisotopic (exact) mass is 282 g/mol. The van der Waals surface area contributed by atoms with Crippen LogP contribution in [0.3, 0.4) is 0 Å². The van der Waals surface area contributed by atoms with E-state index in [1.807, 2.05) is 18.2 Å². The number of hydrogen-bond donors (Lipinski definition) is 2. The second-order valence-electron chi connectivity index (χ2n) is 4.71. The highest BCUT2D eigenvalue weighted by Gasteiger charge is 2.20. The van der Waals surface area contributed by atoms with E-state index in [9.17, 15) is 13.2 Å². The third-order valence-corrected chi connectivity index (χ3v) is 4.45. The second kappa shape index (κ2) is 5.61. The molecule has 0 aromatic heterocycles. The van der Waals surface area contributed by atoms with E-state index in [1.54, 1.807) is 13.0 Å². The van der Waals surface area contributed by atoms with E-state index in [0.29, 0.717) is 12.1 Å². The third-order valence-electron chi connectivity index (χ3n) is 3.15. The van der Waals surface area contributed by atoms with Crippen LogP contribution in [0.5, 0.6) is 0 Å². The summed E-state index contributed by atoms with van der Waals surface area (Å²) in [5.41, 5.74) is 1.59. The van der Waals surface area contributed by atoms with Crippen molar-refractivity contribution < 1.29 is 13.2 Å². The van der Waals surface area contributed by atoms with Crippen LogP contribution in [0, 0.1) is 0 Å². The lowest BCUT2D eigenvalue weighted by atomic mass is 10.0. The Labute approximate surface area is 113 Å². The van der Waals surface area contributed by atoms with Crippen LogP contribution < -0.4 is 10.0 Å². The van der Waals surface area contributed by atoms with Gasteiger partial charge >= 0.3 is 0 Å². The molecule has 1 saturated heterocycles. The Morgan fingerprint density at radius 1 is 1.42 bits per heavy atom. The van der Waals surface area contributed by atoms with Gasteiger partial charge in [0.25, 0.3) is 0 Å². The average molecular weight is 282 g/mol. The van der Waals surface area contributed by atoms with Crippen molar-refractivity contribution in [1.29, 1.82) is 0 Å². The number of anilines is 1. The van der Waals surface area contributed by atoms with Crippen molar-refractivity contribution in [3.8, 4) is 0 Å². The quantitative estimate of drug-likeness (QED) is 0.854. The predicted molar refractivity (Wildman–Crippen MR) is 74.4 cm³/mol. The highest BCUT2D eigenvalue weighted by atomic mass is 32.2. The summed E-state index contributed by atoms with van der Waals surface area (Å²) in [6.45, 7) is 1.60. The van der Waals surface area contributed by atoms with Crippen LogP contribution in [0.15, 0.2) is 24.3 Å². The highest BCUT2D eigenvalue weighted by molar-refractivity contribution is 7.92. The molecule has 6 heteroatoms. The first-order chi connectivity index (χ1) is 8.98. The van der Waals surface area contributed by atoms with Gasteiger partial charge in [0, 0.05) is 18.2 Å². The highest BCUT2D eigenvalue weighted by Crippen LogP contribution is 2.17. The fraction of sp³-hybridized carbons (Fsp3) is 0.462. The lowest BCUT2D eigenvalue weighted by Gasteiger charge is -2.12. The van der Waals surface area contributed by atoms with E-state index in [0.717, 1.165) is 18.4 Å². The van der Waals surface area contributed by atoms with Crippen LogP contribution in [-0.4, -0.2) is 26.1 Å². The van der Waals surface area contributed by atoms with Crippen molar-refractivity contribution in [2.24, 2.45) is 0 Å². The molecular weight excluding hydrogens is 264 g/mol. The number of carbonyl (C=O) groups excluding carboxylic acids is 1. The number of hydrogen-bond acceptors (Lipinski definition) is 3. The number of amides is 1. The van der Waals surface area contributed by atoms with Gasteiger partial charge in [0.2, 0.25) is 15.9 Å². The Morgan fingerprint density at radius 3 is 2.84 bits per heavy atom. The van der Waals surface area contributed by atoms with Crippen molar-refractivity contribution in [2.45, 2.75) is 32.2 Å². The molecule has 1 aliphatic rings. The van der Waals surface area contributed by atoms with Crippen LogP contribution in [0.25, 0.3) is 0 Å². The second-order valence-corrected chi connectivity index (χ2v) is 6.72. The smallest absolute Gasteiger partial charge is 0.232 e. The summed E-state index contributed by atoms with van der Waals surface area (Å²) in [5, 5.41) is 2.90. The fourth-order valence-corrected chi connectivity index (χ4v) is 2.76. The van der Waals surface area contributed by atoms with Gasteiger partial charge in [0.15, 0.2) is 0 Å². The van der Waals surface area contributed by atoms with Crippen molar-refractivity contribution in [3.05, 3.63) is 29.8 Å². The molecule has 2 rings (SSSR count). The maximum absolute atomic E-state index is 11.5. The Kier molecular flexibility index (Phi) is 4.09. The normalized spacial score (nSPS) is 19.2. The molecule has 19 heavy (non-hydrogen) atoms. The average Bonchev–Trinajstić information content (AvgIpc) is 2.75. The minimum atomic E-state index is -3.25. The first-order valence-corrected chi connectivity index (χ1v) is 8.02. The molecule has 0 aliphatic carbocycles. The minimum absolute atomic E-state index is 0.0515. The van der Waals surface area contributed by atoms with Crippen molar-refractivity contribution in [1.82, 2.24) is 5.32 Å². The zero-order valence-corrected chi connectivity index (χ0v) is 11.7. The summed E-state index contributed by atoms with van der Waals surface area (Å²) in [7, 11) is -3.25. The van der Waals surface area contributed by atoms with E-state index >= 15 is 0 Å². The minimum Gasteiger partial charge on any atom is -0.353 e. The Morgan fingerprint density at radius 2 is 2.21 bits per heavy atom. The lowest BCUT2D eigenvalue weighted by Crippen LogP contribution is -2.27. The Balaban J connectivity index is 2.05. The van der Waals surface area contributed by atoms with Gasteiger partial charge in [-0.05, 0) is 37.5 Å². The summed E-state index contributed by atoms with van der Waals surface area (Å²) in [4.78, 5) is 11.1. The Bertz CT molecular complexity index is 569. The van der Waals surface area contributed by atoms with Crippen molar-refractivity contribution in [3.63, 3.8) is 0 Å². The SMILES string of the molecule is CCS(=O)(=O)Nc1cccc(CC2CCC(=O)N2)c1. The van der Waals surface area contributed by atoms with Crippen LogP contribution in [0.2, 0.25) is 0 Å². The van der Waals surface area contributed by atoms with Gasteiger partial charge in [-0.25, -0.2) is 8.42 Å². The fourth-order valence-electron chi connectivity index (χ4n) is 2.13. The van der Waals surface area contributed by atoms with Crippen molar-refractivity contribution >= 4 is 21.6 Å². The predicted octanol–water partition coefficient (Wildman–Crippen LogP) is 1.27. The standard InChI is InChI=1S/C13H18N2O3S/c1-2-19(17,18)15-12-5-3-4-10(9-12)8-11-6-7-13(16)14-11/h3-5,9,11,15H,2,6-8H2,1H3,(H,14,16). The first kappa shape index (κ1) is 13.9. The number of benzene rings is 1. The molecule has 104 valence electrons. The summed E-state index contributed by atoms with van der Waals surface area (Å²) in [6.07, 6.45) is 2.14. The molecule has 0 bridgehead atoms. The summed E-state index contributed by atoms with van der Waals surface area (Å²) < 4.78 is 25.5. The van der Waals surface area contributed by atoms with E-state index < -0.39 is 10.0 Å². The lowest BCUT2D eigenvalue weighted by molar-refractivity contribution is -0.119. The summed E-state index contributed by atoms with van der Waals surface area (Å²) in [5.74, 6) is 0.142. The maximum atomic E-state index is 11.5. The van der Waals surface area contributed by atoms with Crippen LogP contribution in [0.1, 0.15) is 25.3 Å². The first-order valence-electron chi connectivity index (χ1n) is 6.37. The molecule has 0 radical (unpaired) electrons. The molecule has 1 atom stereocenters. The topological polar surface area (TPSA) is 75.3 Å². The zero-order valence-electron chi connectivity index (χ0n) is 10.8. The van der Waals surface area contributed by atoms with Gasteiger partial charge in [-0.1, -0.05) is 12.1 Å². The van der Waals surface area contributed by atoms with Gasteiger partial charge in [0.1, 0.15) is 0 Å². The molecule has 1 fully saturated rings. The maximum Gasteiger partial charge on any atom is 0.232 e. The molecule has 5 nitrogen and oxygen atoms in total. The Hall–Kier alpha value is -1.56. The number of nitrogens with one attached hydrogen (secondary N) is 2. The molecule has 1 aromatic carbocycles. The largest absolute Gasteiger partial charge is 0.353 e. The van der Waals surface area contributed by atoms with E-state index in [1.165, 1.54) is 0 Å². The van der Waals surface area contributed by atoms with Gasteiger partial charge in [-0.2, -0.15) is 0 Å². The summed E-state index contributed by atoms with van der Waals surface area (Å²) >= 11 is 0. The van der Waals surface area contributed by atoms with Gasteiger partial charge in [-0.3, -0.25) is 9.52 Å². The van der Waals surface area contributed by atoms with Gasteiger partial charge < -0.3 is 5.32 Å². The zero-order chi connectivity index (χ0) is 13.9. The van der Waals surface area contributed by atoms with E-state index in [4.69, 9.17) is 0 Å². The molecule has 1 unspecified atom stereocenters. The molecule has 1 amide bonds. The molecule has 0 saturated carbocycles. The van der Waals surface area contributed by atoms with E-state index in [2.05, 4.69) is 10.0 Å². The third kappa shape index (κ3) is 3.96.